The Bertz CT molecular complexity index is 729. The van der Waals surface area contributed by atoms with Gasteiger partial charge < -0.3 is 20.1 Å². The number of fused-ring (bicyclic) bond motifs is 1. The van der Waals surface area contributed by atoms with Gasteiger partial charge in [0.05, 0.1) is 11.9 Å². The van der Waals surface area contributed by atoms with Crippen LogP contribution in [0, 0.1) is 5.92 Å². The second kappa shape index (κ2) is 7.88. The highest BCUT2D eigenvalue weighted by Crippen LogP contribution is 2.33. The number of carbonyl (C=O) groups is 1. The van der Waals surface area contributed by atoms with E-state index in [-0.39, 0.29) is 5.91 Å². The number of carbonyl (C=O) groups excluding carboxylic acids is 1. The summed E-state index contributed by atoms with van der Waals surface area (Å²) in [5.41, 5.74) is 2.09. The molecule has 0 aliphatic carbocycles. The van der Waals surface area contributed by atoms with Gasteiger partial charge in [-0.1, -0.05) is 13.8 Å². The molecule has 0 atom stereocenters. The van der Waals surface area contributed by atoms with Crippen LogP contribution in [0.5, 0.6) is 11.5 Å². The number of nitrogens with one attached hydrogen (secondary N) is 2. The number of hydrogen-bond acceptors (Lipinski definition) is 5. The maximum Gasteiger partial charge on any atom is 0.269 e. The quantitative estimate of drug-likeness (QED) is 0.843. The number of nitrogens with zero attached hydrogens (tertiary/aromatic N) is 1. The molecule has 0 saturated heterocycles. The largest absolute Gasteiger partial charge is 0.486 e. The molecule has 1 aliphatic heterocycles. The van der Waals surface area contributed by atoms with E-state index in [1.807, 2.05) is 24.3 Å². The van der Waals surface area contributed by atoms with Crippen LogP contribution in [0.1, 0.15) is 30.8 Å². The number of ether oxygens (including phenoxy) is 2. The lowest BCUT2D eigenvalue weighted by Crippen LogP contribution is -2.26. The highest BCUT2D eigenvalue weighted by atomic mass is 16.6. The zero-order chi connectivity index (χ0) is 17.6. The first-order chi connectivity index (χ1) is 12.1. The van der Waals surface area contributed by atoms with Crippen molar-refractivity contribution in [3.8, 4) is 11.5 Å². The molecule has 1 aromatic heterocycles. The molecule has 2 N–H and O–H groups in total. The van der Waals surface area contributed by atoms with Crippen LogP contribution in [-0.2, 0) is 0 Å². The monoisotopic (exact) mass is 341 g/mol. The van der Waals surface area contributed by atoms with E-state index in [2.05, 4.69) is 29.5 Å². The molecule has 1 aromatic carbocycles. The van der Waals surface area contributed by atoms with E-state index < -0.39 is 0 Å². The van der Waals surface area contributed by atoms with Crippen LogP contribution in [0.25, 0.3) is 0 Å². The fraction of sp³-hybridized carbons (Fsp3) is 0.368. The molecule has 3 rings (SSSR count). The molecular weight excluding hydrogens is 318 g/mol. The van der Waals surface area contributed by atoms with E-state index in [9.17, 15) is 4.79 Å². The van der Waals surface area contributed by atoms with E-state index in [1.165, 1.54) is 0 Å². The molecule has 0 saturated carbocycles. The van der Waals surface area contributed by atoms with E-state index in [1.54, 1.807) is 12.3 Å². The van der Waals surface area contributed by atoms with Gasteiger partial charge in [-0.05, 0) is 36.6 Å². The van der Waals surface area contributed by atoms with Gasteiger partial charge in [-0.15, -0.1) is 0 Å². The predicted octanol–water partition coefficient (Wildman–Crippen LogP) is 3.37. The van der Waals surface area contributed by atoms with Gasteiger partial charge in [-0.2, -0.15) is 0 Å². The van der Waals surface area contributed by atoms with Crippen molar-refractivity contribution >= 4 is 17.3 Å². The van der Waals surface area contributed by atoms with Gasteiger partial charge in [0.15, 0.2) is 11.5 Å². The van der Waals surface area contributed by atoms with E-state index in [0.29, 0.717) is 31.4 Å². The second-order valence-electron chi connectivity index (χ2n) is 6.35. The van der Waals surface area contributed by atoms with Crippen LogP contribution >= 0.6 is 0 Å². The number of anilines is 2. The average Bonchev–Trinajstić information content (AvgIpc) is 2.62. The molecule has 25 heavy (non-hydrogen) atoms. The van der Waals surface area contributed by atoms with Crippen molar-refractivity contribution in [2.75, 3.05) is 25.1 Å². The van der Waals surface area contributed by atoms with Crippen molar-refractivity contribution in [1.29, 1.82) is 0 Å². The number of aromatic nitrogens is 1. The SMILES string of the molecule is CC(C)CCNC(=O)c1ccc(Nc2ccc3c(c2)OCCO3)cn1. The summed E-state index contributed by atoms with van der Waals surface area (Å²) in [4.78, 5) is 16.3. The third kappa shape index (κ3) is 4.62. The fourth-order valence-electron chi connectivity index (χ4n) is 2.45. The molecule has 6 nitrogen and oxygen atoms in total. The molecule has 6 heteroatoms. The van der Waals surface area contributed by atoms with Crippen LogP contribution in [0.15, 0.2) is 36.5 Å². The summed E-state index contributed by atoms with van der Waals surface area (Å²) in [6.45, 7) is 6.05. The van der Waals surface area contributed by atoms with Crippen molar-refractivity contribution in [1.82, 2.24) is 10.3 Å². The van der Waals surface area contributed by atoms with Crippen LogP contribution in [-0.4, -0.2) is 30.6 Å². The number of rotatable bonds is 6. The Balaban J connectivity index is 1.60. The Labute approximate surface area is 147 Å². The summed E-state index contributed by atoms with van der Waals surface area (Å²) < 4.78 is 11.1. The Morgan fingerprint density at radius 2 is 1.88 bits per heavy atom. The summed E-state index contributed by atoms with van der Waals surface area (Å²) in [7, 11) is 0. The maximum atomic E-state index is 12.0. The number of benzene rings is 1. The van der Waals surface area contributed by atoms with Gasteiger partial charge in [0.1, 0.15) is 18.9 Å². The lowest BCUT2D eigenvalue weighted by molar-refractivity contribution is 0.0947. The lowest BCUT2D eigenvalue weighted by Gasteiger charge is -2.19. The lowest BCUT2D eigenvalue weighted by atomic mass is 10.1. The maximum absolute atomic E-state index is 12.0. The van der Waals surface area contributed by atoms with Gasteiger partial charge >= 0.3 is 0 Å². The molecule has 0 fully saturated rings. The molecule has 0 bridgehead atoms. The molecule has 1 amide bonds. The smallest absolute Gasteiger partial charge is 0.269 e. The molecule has 0 radical (unpaired) electrons. The highest BCUT2D eigenvalue weighted by Gasteiger charge is 2.12. The van der Waals surface area contributed by atoms with Crippen molar-refractivity contribution in [3.63, 3.8) is 0 Å². The molecule has 132 valence electrons. The third-order valence-electron chi connectivity index (χ3n) is 3.83. The van der Waals surface area contributed by atoms with E-state index in [4.69, 9.17) is 9.47 Å². The van der Waals surface area contributed by atoms with Crippen molar-refractivity contribution in [2.24, 2.45) is 5.92 Å². The summed E-state index contributed by atoms with van der Waals surface area (Å²) in [5, 5.41) is 6.13. The molecular formula is C19H23N3O3. The second-order valence-corrected chi connectivity index (χ2v) is 6.35. The standard InChI is InChI=1S/C19H23N3O3/c1-13(2)7-8-20-19(23)16-5-3-15(12-21-16)22-14-4-6-17-18(11-14)25-10-9-24-17/h3-6,11-13,22H,7-10H2,1-2H3,(H,20,23). The molecule has 2 heterocycles. The van der Waals surface area contributed by atoms with Gasteiger partial charge in [0.2, 0.25) is 0 Å². The first-order valence-electron chi connectivity index (χ1n) is 8.53. The average molecular weight is 341 g/mol. The Hall–Kier alpha value is -2.76. The van der Waals surface area contributed by atoms with Crippen molar-refractivity contribution in [2.45, 2.75) is 20.3 Å². The Morgan fingerprint density at radius 1 is 1.12 bits per heavy atom. The van der Waals surface area contributed by atoms with Crippen LogP contribution in [0.4, 0.5) is 11.4 Å². The summed E-state index contributed by atoms with van der Waals surface area (Å²) >= 11 is 0. The zero-order valence-corrected chi connectivity index (χ0v) is 14.5. The van der Waals surface area contributed by atoms with Crippen LogP contribution < -0.4 is 20.1 Å². The van der Waals surface area contributed by atoms with Gasteiger partial charge in [-0.3, -0.25) is 4.79 Å². The normalized spacial score (nSPS) is 12.8. The van der Waals surface area contributed by atoms with Crippen molar-refractivity contribution < 1.29 is 14.3 Å². The Kier molecular flexibility index (Phi) is 5.38. The van der Waals surface area contributed by atoms with Crippen molar-refractivity contribution in [3.05, 3.63) is 42.2 Å². The fourth-order valence-corrected chi connectivity index (χ4v) is 2.45. The highest BCUT2D eigenvalue weighted by molar-refractivity contribution is 5.92. The topological polar surface area (TPSA) is 72.5 Å². The minimum atomic E-state index is -0.147. The minimum Gasteiger partial charge on any atom is -0.486 e. The van der Waals surface area contributed by atoms with Gasteiger partial charge in [-0.25, -0.2) is 4.98 Å². The zero-order valence-electron chi connectivity index (χ0n) is 14.5. The van der Waals surface area contributed by atoms with Crippen LogP contribution in [0.2, 0.25) is 0 Å². The molecule has 2 aromatic rings. The molecule has 0 unspecified atom stereocenters. The molecule has 0 spiro atoms. The number of amides is 1. The first-order valence-corrected chi connectivity index (χ1v) is 8.53. The first kappa shape index (κ1) is 17.1. The Morgan fingerprint density at radius 3 is 2.60 bits per heavy atom. The van der Waals surface area contributed by atoms with Crippen LogP contribution in [0.3, 0.4) is 0 Å². The van der Waals surface area contributed by atoms with E-state index in [0.717, 1.165) is 29.3 Å². The summed E-state index contributed by atoms with van der Waals surface area (Å²) in [6.07, 6.45) is 2.60. The predicted molar refractivity (Wildman–Crippen MR) is 96.7 cm³/mol. The summed E-state index contributed by atoms with van der Waals surface area (Å²) in [5.74, 6) is 1.89. The van der Waals surface area contributed by atoms with E-state index >= 15 is 0 Å². The van der Waals surface area contributed by atoms with Gasteiger partial charge in [0, 0.05) is 18.3 Å². The minimum absolute atomic E-state index is 0.147. The molecule has 1 aliphatic rings. The van der Waals surface area contributed by atoms with Gasteiger partial charge in [0.25, 0.3) is 5.91 Å². The number of hydrogen-bond donors (Lipinski definition) is 2. The number of pyridine rings is 1. The summed E-state index contributed by atoms with van der Waals surface area (Å²) in [6, 6.07) is 9.23. The third-order valence-corrected chi connectivity index (χ3v) is 3.83.